The minimum Gasteiger partial charge on any atom is -0.268 e. The minimum atomic E-state index is -3.89. The molecule has 8 heteroatoms. The number of hydrogen-bond acceptors (Lipinski definition) is 4. The topological polar surface area (TPSA) is 80.5 Å². The number of aryl methyl sites for hydroxylation is 1. The summed E-state index contributed by atoms with van der Waals surface area (Å²) < 4.78 is 27.0. The van der Waals surface area contributed by atoms with Crippen molar-refractivity contribution in [3.05, 3.63) is 62.6 Å². The lowest BCUT2D eigenvalue weighted by Crippen LogP contribution is -2.27. The number of nitro groups is 1. The molecule has 0 spiro atoms. The van der Waals surface area contributed by atoms with Crippen LogP contribution in [0.2, 0.25) is 0 Å². The lowest BCUT2D eigenvalue weighted by molar-refractivity contribution is -0.385. The van der Waals surface area contributed by atoms with Crippen molar-refractivity contribution in [2.24, 2.45) is 0 Å². The molecule has 0 saturated carbocycles. The monoisotopic (exact) mass is 384 g/mol. The summed E-state index contributed by atoms with van der Waals surface area (Å²) in [5, 5.41) is 11.0. The first kappa shape index (κ1) is 16.4. The Morgan fingerprint density at radius 1 is 1.18 bits per heavy atom. The first-order valence-electron chi connectivity index (χ1n) is 6.23. The molecule has 0 amide bonds. The molecule has 0 aliphatic rings. The normalized spacial score (nSPS) is 11.2. The largest absolute Gasteiger partial charge is 0.273 e. The van der Waals surface area contributed by atoms with E-state index in [4.69, 9.17) is 0 Å². The Hall–Kier alpha value is -1.93. The van der Waals surface area contributed by atoms with E-state index in [0.717, 1.165) is 10.4 Å². The van der Waals surface area contributed by atoms with Gasteiger partial charge in [-0.15, -0.1) is 0 Å². The van der Waals surface area contributed by atoms with E-state index in [0.29, 0.717) is 15.7 Å². The second kappa shape index (κ2) is 6.05. The number of sulfonamides is 1. The van der Waals surface area contributed by atoms with Crippen LogP contribution in [-0.4, -0.2) is 20.4 Å². The van der Waals surface area contributed by atoms with Gasteiger partial charge in [-0.1, -0.05) is 18.2 Å². The van der Waals surface area contributed by atoms with E-state index < -0.39 is 14.9 Å². The van der Waals surface area contributed by atoms with Gasteiger partial charge in [0.05, 0.1) is 15.5 Å². The third-order valence-electron chi connectivity index (χ3n) is 3.23. The number of para-hydroxylation sites is 1. The zero-order valence-electron chi connectivity index (χ0n) is 11.9. The molecule has 2 aromatic carbocycles. The van der Waals surface area contributed by atoms with Crippen LogP contribution >= 0.6 is 15.9 Å². The number of halogens is 1. The highest BCUT2D eigenvalue weighted by molar-refractivity contribution is 9.10. The van der Waals surface area contributed by atoms with Gasteiger partial charge in [-0.2, -0.15) is 0 Å². The molecule has 116 valence electrons. The zero-order chi connectivity index (χ0) is 16.5. The summed E-state index contributed by atoms with van der Waals surface area (Å²) in [4.78, 5) is 10.3. The van der Waals surface area contributed by atoms with Crippen molar-refractivity contribution in [1.82, 2.24) is 0 Å². The fraction of sp³-hybridized carbons (Fsp3) is 0.143. The Labute approximate surface area is 136 Å². The van der Waals surface area contributed by atoms with Gasteiger partial charge in [0.25, 0.3) is 15.7 Å². The van der Waals surface area contributed by atoms with Gasteiger partial charge < -0.3 is 0 Å². The van der Waals surface area contributed by atoms with Crippen molar-refractivity contribution >= 4 is 37.3 Å². The Kier molecular flexibility index (Phi) is 4.52. The maximum absolute atomic E-state index is 12.7. The summed E-state index contributed by atoms with van der Waals surface area (Å²) in [5.74, 6) is 0. The quantitative estimate of drug-likeness (QED) is 0.596. The van der Waals surface area contributed by atoms with Crippen LogP contribution < -0.4 is 4.31 Å². The van der Waals surface area contributed by atoms with Crippen LogP contribution in [0.5, 0.6) is 0 Å². The molecule has 0 aromatic heterocycles. The Balaban J connectivity index is 2.54. The maximum atomic E-state index is 12.7. The molecule has 0 radical (unpaired) electrons. The molecule has 0 aliphatic heterocycles. The van der Waals surface area contributed by atoms with Gasteiger partial charge >= 0.3 is 0 Å². The lowest BCUT2D eigenvalue weighted by Gasteiger charge is -2.20. The highest BCUT2D eigenvalue weighted by Gasteiger charge is 2.25. The summed E-state index contributed by atoms with van der Waals surface area (Å²) in [6.07, 6.45) is 0. The average Bonchev–Trinajstić information content (AvgIpc) is 2.47. The van der Waals surface area contributed by atoms with E-state index in [-0.39, 0.29) is 10.6 Å². The molecule has 0 N–H and O–H groups in total. The molecular formula is C14H13BrN2O4S. The first-order valence-corrected chi connectivity index (χ1v) is 8.47. The van der Waals surface area contributed by atoms with Gasteiger partial charge in [-0.3, -0.25) is 14.4 Å². The fourth-order valence-corrected chi connectivity index (χ4v) is 3.84. The van der Waals surface area contributed by atoms with Crippen molar-refractivity contribution in [1.29, 1.82) is 0 Å². The van der Waals surface area contributed by atoms with Crippen LogP contribution in [0.3, 0.4) is 0 Å². The van der Waals surface area contributed by atoms with Gasteiger partial charge in [-0.05, 0) is 41.1 Å². The summed E-state index contributed by atoms with van der Waals surface area (Å²) in [5.41, 5.74) is 0.639. The van der Waals surface area contributed by atoms with Gasteiger partial charge in [0, 0.05) is 23.2 Å². The van der Waals surface area contributed by atoms with E-state index in [1.807, 2.05) is 0 Å². The molecule has 0 fully saturated rings. The van der Waals surface area contributed by atoms with Crippen LogP contribution in [0.4, 0.5) is 11.4 Å². The van der Waals surface area contributed by atoms with Crippen LogP contribution in [0, 0.1) is 17.0 Å². The van der Waals surface area contributed by atoms with E-state index in [2.05, 4.69) is 15.9 Å². The predicted molar refractivity (Wildman–Crippen MR) is 87.6 cm³/mol. The molecule has 0 aliphatic carbocycles. The summed E-state index contributed by atoms with van der Waals surface area (Å²) in [7, 11) is -2.48. The number of hydrogen-bond donors (Lipinski definition) is 0. The van der Waals surface area contributed by atoms with Gasteiger partial charge in [0.15, 0.2) is 0 Å². The predicted octanol–water partition coefficient (Wildman–Crippen LogP) is 3.49. The first-order chi connectivity index (χ1) is 10.2. The second-order valence-electron chi connectivity index (χ2n) is 4.63. The van der Waals surface area contributed by atoms with Crippen molar-refractivity contribution in [3.63, 3.8) is 0 Å². The molecule has 6 nitrogen and oxygen atoms in total. The van der Waals surface area contributed by atoms with Crippen molar-refractivity contribution in [2.45, 2.75) is 11.8 Å². The lowest BCUT2D eigenvalue weighted by atomic mass is 10.2. The van der Waals surface area contributed by atoms with Crippen molar-refractivity contribution < 1.29 is 13.3 Å². The van der Waals surface area contributed by atoms with Gasteiger partial charge in [0.2, 0.25) is 0 Å². The molecule has 0 bridgehead atoms. The summed E-state index contributed by atoms with van der Waals surface area (Å²) in [6.45, 7) is 1.56. The highest BCUT2D eigenvalue weighted by Crippen LogP contribution is 2.30. The molecule has 0 atom stereocenters. The molecule has 0 saturated heterocycles. The molecule has 2 aromatic rings. The highest BCUT2D eigenvalue weighted by atomic mass is 79.9. The summed E-state index contributed by atoms with van der Waals surface area (Å²) >= 11 is 3.30. The number of anilines is 1. The Bertz CT molecular complexity index is 836. The third kappa shape index (κ3) is 2.97. The molecular weight excluding hydrogens is 372 g/mol. The number of rotatable bonds is 4. The van der Waals surface area contributed by atoms with Crippen molar-refractivity contribution in [3.8, 4) is 0 Å². The van der Waals surface area contributed by atoms with Crippen LogP contribution in [-0.2, 0) is 10.0 Å². The molecule has 0 unspecified atom stereocenters. The van der Waals surface area contributed by atoms with Gasteiger partial charge in [-0.25, -0.2) is 8.42 Å². The van der Waals surface area contributed by atoms with Crippen LogP contribution in [0.25, 0.3) is 0 Å². The third-order valence-corrected chi connectivity index (χ3v) is 5.67. The molecule has 2 rings (SSSR count). The van der Waals surface area contributed by atoms with E-state index in [1.165, 1.54) is 19.2 Å². The average molecular weight is 385 g/mol. The van der Waals surface area contributed by atoms with Gasteiger partial charge in [0.1, 0.15) is 0 Å². The number of nitro benzene ring substituents is 1. The Morgan fingerprint density at radius 2 is 1.82 bits per heavy atom. The second-order valence-corrected chi connectivity index (χ2v) is 7.45. The smallest absolute Gasteiger partial charge is 0.268 e. The standard InChI is InChI=1S/C14H13BrN2O4S/c1-10-7-8-11(9-14(10)17(18)19)22(20,21)16(2)13-6-4-3-5-12(13)15/h3-9H,1-2H3. The van der Waals surface area contributed by atoms with E-state index in [1.54, 1.807) is 31.2 Å². The summed E-state index contributed by atoms with van der Waals surface area (Å²) in [6, 6.07) is 10.7. The minimum absolute atomic E-state index is 0.122. The fourth-order valence-electron chi connectivity index (χ4n) is 1.94. The SMILES string of the molecule is Cc1ccc(S(=O)(=O)N(C)c2ccccc2Br)cc1[N+](=O)[O-]. The Morgan fingerprint density at radius 3 is 2.41 bits per heavy atom. The number of benzene rings is 2. The van der Waals surface area contributed by atoms with E-state index >= 15 is 0 Å². The van der Waals surface area contributed by atoms with Crippen LogP contribution in [0.15, 0.2) is 51.8 Å². The molecule has 22 heavy (non-hydrogen) atoms. The zero-order valence-corrected chi connectivity index (χ0v) is 14.3. The van der Waals surface area contributed by atoms with Crippen LogP contribution in [0.1, 0.15) is 5.56 Å². The van der Waals surface area contributed by atoms with E-state index in [9.17, 15) is 18.5 Å². The van der Waals surface area contributed by atoms with Crippen molar-refractivity contribution in [2.75, 3.05) is 11.4 Å². The number of nitrogens with zero attached hydrogens (tertiary/aromatic N) is 2. The molecule has 0 heterocycles. The maximum Gasteiger partial charge on any atom is 0.273 e.